The number of carbonyl (C=O) groups excluding carboxylic acids is 1. The first kappa shape index (κ1) is 17.2. The van der Waals surface area contributed by atoms with Gasteiger partial charge in [0.25, 0.3) is 5.91 Å². The second-order valence-electron chi connectivity index (χ2n) is 6.57. The molecule has 2 aromatic heterocycles. The normalized spacial score (nSPS) is 14.4. The summed E-state index contributed by atoms with van der Waals surface area (Å²) in [6, 6.07) is 7.98. The lowest BCUT2D eigenvalue weighted by Gasteiger charge is -2.29. The number of aromatic amines is 1. The van der Waals surface area contributed by atoms with Crippen LogP contribution in [0.3, 0.4) is 0 Å². The van der Waals surface area contributed by atoms with Crippen molar-refractivity contribution in [3.63, 3.8) is 0 Å². The molecule has 1 aromatic carbocycles. The number of aromatic nitrogens is 6. The summed E-state index contributed by atoms with van der Waals surface area (Å²) in [5.41, 5.74) is 1.43. The maximum atomic E-state index is 13.5. The van der Waals surface area contributed by atoms with Gasteiger partial charge in [0.05, 0.1) is 13.3 Å². The average molecular weight is 367 g/mol. The van der Waals surface area contributed by atoms with Crippen molar-refractivity contribution in [2.24, 2.45) is 0 Å². The van der Waals surface area contributed by atoms with E-state index in [2.05, 4.69) is 25.7 Å². The summed E-state index contributed by atoms with van der Waals surface area (Å²) in [6.07, 6.45) is 7.23. The summed E-state index contributed by atoms with van der Waals surface area (Å²) in [6.45, 7) is 0.480. The molecule has 1 fully saturated rings. The highest BCUT2D eigenvalue weighted by Gasteiger charge is 2.30. The molecule has 2 heterocycles. The predicted octanol–water partition coefficient (Wildman–Crippen LogP) is 1.98. The fourth-order valence-electron chi connectivity index (χ4n) is 3.63. The summed E-state index contributed by atoms with van der Waals surface area (Å²) in [4.78, 5) is 15.4. The van der Waals surface area contributed by atoms with Crippen molar-refractivity contribution in [3.05, 3.63) is 47.9 Å². The fourth-order valence-corrected chi connectivity index (χ4v) is 3.63. The highest BCUT2D eigenvalue weighted by molar-refractivity contribution is 5.97. The van der Waals surface area contributed by atoms with E-state index in [9.17, 15) is 4.79 Å². The minimum absolute atomic E-state index is 0.0907. The van der Waals surface area contributed by atoms with Gasteiger partial charge < -0.3 is 9.64 Å². The number of nitrogens with zero attached hydrogens (tertiary/aromatic N) is 6. The number of H-pyrrole nitrogens is 1. The molecule has 1 aliphatic rings. The summed E-state index contributed by atoms with van der Waals surface area (Å²) in [5, 5.41) is 18.0. The molecular weight excluding hydrogens is 346 g/mol. The Hall–Kier alpha value is -3.23. The number of methoxy groups -OCH3 is 1. The molecular formula is C18H21N7O2. The highest BCUT2D eigenvalue weighted by Crippen LogP contribution is 2.29. The maximum Gasteiger partial charge on any atom is 0.259 e. The van der Waals surface area contributed by atoms with E-state index in [1.54, 1.807) is 7.11 Å². The van der Waals surface area contributed by atoms with E-state index in [1.165, 1.54) is 17.2 Å². The third-order valence-electron chi connectivity index (χ3n) is 4.99. The van der Waals surface area contributed by atoms with Crippen LogP contribution < -0.4 is 4.74 Å². The Morgan fingerprint density at radius 3 is 2.89 bits per heavy atom. The van der Waals surface area contributed by atoms with Gasteiger partial charge in [0.1, 0.15) is 17.6 Å². The van der Waals surface area contributed by atoms with Crippen molar-refractivity contribution < 1.29 is 9.53 Å². The van der Waals surface area contributed by atoms with E-state index in [-0.39, 0.29) is 11.9 Å². The number of benzene rings is 1. The number of hydrogen-bond acceptors (Lipinski definition) is 6. The van der Waals surface area contributed by atoms with Crippen molar-refractivity contribution in [1.29, 1.82) is 0 Å². The number of nitrogens with one attached hydrogen (secondary N) is 1. The van der Waals surface area contributed by atoms with Crippen molar-refractivity contribution in [2.75, 3.05) is 7.11 Å². The van der Waals surface area contributed by atoms with Crippen LogP contribution in [-0.2, 0) is 6.54 Å². The van der Waals surface area contributed by atoms with Crippen molar-refractivity contribution in [2.45, 2.75) is 38.3 Å². The molecule has 0 aliphatic heterocycles. The maximum absolute atomic E-state index is 13.5. The zero-order valence-corrected chi connectivity index (χ0v) is 15.1. The average Bonchev–Trinajstić information content (AvgIpc) is 3.47. The standard InChI is InChI=1S/C18H21N7O2/c1-27-16-9-5-2-6-13(16)11-24(14-7-3-4-8-14)18(26)15-10-19-21-17(15)25-12-20-22-23-25/h2,5-6,9-10,12,14H,3-4,7-8,11H2,1H3,(H,19,21). The van der Waals surface area contributed by atoms with Crippen molar-refractivity contribution in [3.8, 4) is 11.6 Å². The number of carbonyl (C=O) groups is 1. The molecule has 0 saturated heterocycles. The van der Waals surface area contributed by atoms with E-state index in [0.717, 1.165) is 37.0 Å². The first-order chi connectivity index (χ1) is 13.3. The second kappa shape index (κ2) is 7.56. The molecule has 140 valence electrons. The van der Waals surface area contributed by atoms with Crippen LogP contribution >= 0.6 is 0 Å². The first-order valence-electron chi connectivity index (χ1n) is 8.97. The molecule has 0 unspecified atom stereocenters. The largest absolute Gasteiger partial charge is 0.496 e. The molecule has 4 rings (SSSR count). The van der Waals surface area contributed by atoms with Crippen molar-refractivity contribution in [1.82, 2.24) is 35.3 Å². The molecule has 1 amide bonds. The van der Waals surface area contributed by atoms with Gasteiger partial charge in [0, 0.05) is 18.2 Å². The molecule has 0 radical (unpaired) electrons. The Morgan fingerprint density at radius 1 is 1.33 bits per heavy atom. The van der Waals surface area contributed by atoms with E-state index >= 15 is 0 Å². The number of tetrazole rings is 1. The van der Waals surface area contributed by atoms with Gasteiger partial charge in [-0.3, -0.25) is 9.89 Å². The van der Waals surface area contributed by atoms with E-state index in [1.807, 2.05) is 29.2 Å². The second-order valence-corrected chi connectivity index (χ2v) is 6.57. The Kier molecular flexibility index (Phi) is 4.82. The summed E-state index contributed by atoms with van der Waals surface area (Å²) >= 11 is 0. The molecule has 0 atom stereocenters. The third kappa shape index (κ3) is 3.40. The third-order valence-corrected chi connectivity index (χ3v) is 4.99. The van der Waals surface area contributed by atoms with Gasteiger partial charge >= 0.3 is 0 Å². The van der Waals surface area contributed by atoms with Gasteiger partial charge in [-0.15, -0.1) is 5.10 Å². The Morgan fingerprint density at radius 2 is 2.15 bits per heavy atom. The van der Waals surface area contributed by atoms with Gasteiger partial charge in [-0.05, 0) is 29.3 Å². The minimum Gasteiger partial charge on any atom is -0.496 e. The van der Waals surface area contributed by atoms with E-state index in [4.69, 9.17) is 4.74 Å². The van der Waals surface area contributed by atoms with Crippen LogP contribution in [0.5, 0.6) is 5.75 Å². The number of rotatable bonds is 6. The van der Waals surface area contributed by atoms with Gasteiger partial charge in [-0.25, -0.2) is 0 Å². The monoisotopic (exact) mass is 367 g/mol. The first-order valence-corrected chi connectivity index (χ1v) is 8.97. The van der Waals surface area contributed by atoms with Gasteiger partial charge in [0.15, 0.2) is 5.82 Å². The summed E-state index contributed by atoms with van der Waals surface area (Å²) < 4.78 is 6.89. The molecule has 0 bridgehead atoms. The lowest BCUT2D eigenvalue weighted by molar-refractivity contribution is 0.0663. The number of para-hydroxylation sites is 1. The van der Waals surface area contributed by atoms with Gasteiger partial charge in [-0.2, -0.15) is 9.78 Å². The SMILES string of the molecule is COc1ccccc1CN(C(=O)c1cn[nH]c1-n1cnnn1)C1CCCC1. The quantitative estimate of drug-likeness (QED) is 0.715. The molecule has 9 heteroatoms. The van der Waals surface area contributed by atoms with Crippen LogP contribution in [0.4, 0.5) is 0 Å². The van der Waals surface area contributed by atoms with Crippen LogP contribution in [0.2, 0.25) is 0 Å². The van der Waals surface area contributed by atoms with E-state index in [0.29, 0.717) is 17.9 Å². The number of ether oxygens (including phenoxy) is 1. The highest BCUT2D eigenvalue weighted by atomic mass is 16.5. The molecule has 27 heavy (non-hydrogen) atoms. The molecule has 1 saturated carbocycles. The van der Waals surface area contributed by atoms with Gasteiger partial charge in [-0.1, -0.05) is 31.0 Å². The smallest absolute Gasteiger partial charge is 0.259 e. The number of hydrogen-bond donors (Lipinski definition) is 1. The Labute approximate surface area is 156 Å². The van der Waals surface area contributed by atoms with Gasteiger partial charge in [0.2, 0.25) is 0 Å². The van der Waals surface area contributed by atoms with Crippen molar-refractivity contribution >= 4 is 5.91 Å². The fraction of sp³-hybridized carbons (Fsp3) is 0.389. The molecule has 1 aliphatic carbocycles. The van der Waals surface area contributed by atoms with Crippen LogP contribution in [0.1, 0.15) is 41.6 Å². The zero-order chi connectivity index (χ0) is 18.6. The van der Waals surface area contributed by atoms with Crippen LogP contribution in [0, 0.1) is 0 Å². The summed E-state index contributed by atoms with van der Waals surface area (Å²) in [7, 11) is 1.65. The predicted molar refractivity (Wildman–Crippen MR) is 96.4 cm³/mol. The zero-order valence-electron chi connectivity index (χ0n) is 15.1. The molecule has 3 aromatic rings. The van der Waals surface area contributed by atoms with Crippen LogP contribution in [-0.4, -0.2) is 54.4 Å². The summed E-state index contributed by atoms with van der Waals surface area (Å²) in [5.74, 6) is 1.15. The van der Waals surface area contributed by atoms with Crippen LogP contribution in [0.15, 0.2) is 36.8 Å². The lowest BCUT2D eigenvalue weighted by Crippen LogP contribution is -2.38. The Balaban J connectivity index is 1.67. The minimum atomic E-state index is -0.0907. The molecule has 9 nitrogen and oxygen atoms in total. The lowest BCUT2D eigenvalue weighted by atomic mass is 10.1. The van der Waals surface area contributed by atoms with Crippen LogP contribution in [0.25, 0.3) is 5.82 Å². The number of amides is 1. The Bertz CT molecular complexity index is 900. The van der Waals surface area contributed by atoms with E-state index < -0.39 is 0 Å². The topological polar surface area (TPSA) is 102 Å². The molecule has 0 spiro atoms. The molecule has 1 N–H and O–H groups in total.